The van der Waals surface area contributed by atoms with Crippen LogP contribution in [0.25, 0.3) is 0 Å². The van der Waals surface area contributed by atoms with Crippen molar-refractivity contribution in [1.82, 2.24) is 31.4 Å². The van der Waals surface area contributed by atoms with Crippen LogP contribution in [0.3, 0.4) is 0 Å². The molecule has 0 radical (unpaired) electrons. The molecule has 0 fully saturated rings. The third-order valence-corrected chi connectivity index (χ3v) is 14.4. The molecule has 13 N–H and O–H groups in total. The molecule has 0 aliphatic carbocycles. The molecule has 6 amide bonds. The van der Waals surface area contributed by atoms with E-state index in [9.17, 15) is 74.7 Å². The predicted octanol–water partition coefficient (Wildman–Crippen LogP) is -0.618. The van der Waals surface area contributed by atoms with Crippen molar-refractivity contribution in [2.75, 3.05) is 39.5 Å². The zero-order valence-corrected chi connectivity index (χ0v) is 47.2. The first kappa shape index (κ1) is 59.0. The molecule has 0 spiro atoms. The second-order valence-electron chi connectivity index (χ2n) is 14.6. The zero-order valence-electron chi connectivity index (χ0n) is 34.3. The Morgan fingerprint density at radius 2 is 0.688 bits per heavy atom. The second-order valence-corrected chi connectivity index (χ2v) is 21.1. The van der Waals surface area contributed by atoms with Crippen LogP contribution in [0.4, 0.5) is 0 Å². The number of amides is 6. The molecule has 0 bridgehead atoms. The van der Waals surface area contributed by atoms with Crippen molar-refractivity contribution >= 4 is 171 Å². The van der Waals surface area contributed by atoms with Crippen LogP contribution in [0.1, 0.15) is 83.0 Å². The van der Waals surface area contributed by atoms with Gasteiger partial charge in [0.1, 0.15) is 0 Å². The van der Waals surface area contributed by atoms with Gasteiger partial charge in [0.2, 0.25) is 0 Å². The van der Waals surface area contributed by atoms with E-state index in [-0.39, 0.29) is 55.2 Å². The Morgan fingerprint density at radius 3 is 0.859 bits per heavy atom. The van der Waals surface area contributed by atoms with E-state index in [2.05, 4.69) is 21.3 Å². The molecule has 23 nitrogen and oxygen atoms in total. The predicted molar refractivity (Wildman–Crippen MR) is 272 cm³/mol. The normalized spacial score (nSPS) is 15.5. The fraction of sp³-hybridized carbons (Fsp3) is 0.486. The largest absolute Gasteiger partial charge is 0.391 e. The first-order chi connectivity index (χ1) is 29.2. The average molecular weight is 1580 g/mol. The summed E-state index contributed by atoms with van der Waals surface area (Å²) in [5.74, 6) is -6.39. The summed E-state index contributed by atoms with van der Waals surface area (Å²) in [5.41, 5.74) is -9.74. The number of nitrogens with one attached hydrogen (secondary N) is 4. The molecule has 0 aliphatic rings. The molecule has 0 heterocycles. The Hall–Kier alpha value is -1.12. The van der Waals surface area contributed by atoms with Crippen molar-refractivity contribution in [1.29, 1.82) is 0 Å². The summed E-state index contributed by atoms with van der Waals surface area (Å²) in [7, 11) is 0. The Bertz CT molecular complexity index is 1900. The van der Waals surface area contributed by atoms with Crippen LogP contribution in [0.5, 0.6) is 11.5 Å². The highest BCUT2D eigenvalue weighted by Gasteiger charge is 2.37. The minimum atomic E-state index is -2.14. The molecule has 358 valence electrons. The van der Waals surface area contributed by atoms with Gasteiger partial charge >= 0.3 is 0 Å². The molecular formula is C35H44I6N6O17. The van der Waals surface area contributed by atoms with E-state index in [4.69, 9.17) is 9.68 Å². The first-order valence-electron chi connectivity index (χ1n) is 17.9. The topological polar surface area (TPSA) is 358 Å². The number of nitrogens with zero attached hydrogens (tertiary/aromatic N) is 2. The molecule has 4 unspecified atom stereocenters. The standard InChI is InChI=1S/C35H44I6N6O17/c1-13(52)46(63-26-22(38)16(28(55)42-32(3,59)9-48)20(36)17(23(26)39)29(56)43-33(4,60)10-49)7-15(54)8-47(14(2)53)64-27-24(40)18(30(57)44-34(5,61)11-50)21(37)19(25(27)41)31(58)45-35(6,62)12-51/h15,48-51,54,59-62H,7-12H2,1-6H3,(H,42,55)(H,43,56)(H,44,57)(H,45,58). The number of hydrogen-bond donors (Lipinski definition) is 13. The summed E-state index contributed by atoms with van der Waals surface area (Å²) in [6, 6.07) is 0. The number of benzene rings is 2. The van der Waals surface area contributed by atoms with Gasteiger partial charge < -0.3 is 76.9 Å². The van der Waals surface area contributed by atoms with Crippen molar-refractivity contribution in [3.05, 3.63) is 43.7 Å². The summed E-state index contributed by atoms with van der Waals surface area (Å²) in [4.78, 5) is 92.4. The van der Waals surface area contributed by atoms with Gasteiger partial charge in [0.25, 0.3) is 35.4 Å². The number of aliphatic hydroxyl groups excluding tert-OH is 5. The minimum Gasteiger partial charge on any atom is -0.391 e. The third-order valence-electron chi connectivity index (χ3n) is 8.08. The molecule has 0 aliphatic heterocycles. The fourth-order valence-corrected chi connectivity index (χ4v) is 13.4. The van der Waals surface area contributed by atoms with Crippen molar-refractivity contribution < 1.29 is 84.4 Å². The van der Waals surface area contributed by atoms with Gasteiger partial charge in [0.15, 0.2) is 34.4 Å². The maximum absolute atomic E-state index is 13.6. The van der Waals surface area contributed by atoms with Gasteiger partial charge in [-0.2, -0.15) is 10.1 Å². The van der Waals surface area contributed by atoms with Crippen LogP contribution in [0, 0.1) is 21.4 Å². The number of rotatable bonds is 20. The molecule has 4 atom stereocenters. The zero-order chi connectivity index (χ0) is 49.6. The van der Waals surface area contributed by atoms with E-state index in [0.717, 1.165) is 41.5 Å². The van der Waals surface area contributed by atoms with E-state index in [1.54, 1.807) is 136 Å². The number of hydrogen-bond acceptors (Lipinski definition) is 17. The lowest BCUT2D eigenvalue weighted by Gasteiger charge is -2.30. The maximum atomic E-state index is 13.6. The summed E-state index contributed by atoms with van der Waals surface area (Å²) in [6.07, 6.45) is -1.74. The van der Waals surface area contributed by atoms with E-state index < -0.39 is 104 Å². The van der Waals surface area contributed by atoms with Crippen LogP contribution in [-0.4, -0.2) is 160 Å². The van der Waals surface area contributed by atoms with E-state index in [1.165, 1.54) is 0 Å². The molecule has 29 heteroatoms. The van der Waals surface area contributed by atoms with Crippen molar-refractivity contribution in [3.8, 4) is 11.5 Å². The number of halogens is 6. The lowest BCUT2D eigenvalue weighted by Crippen LogP contribution is -2.50. The van der Waals surface area contributed by atoms with Crippen LogP contribution < -0.4 is 30.9 Å². The second kappa shape index (κ2) is 23.9. The van der Waals surface area contributed by atoms with Gasteiger partial charge in [0, 0.05) is 21.0 Å². The molecule has 2 aromatic rings. The van der Waals surface area contributed by atoms with Gasteiger partial charge in [-0.1, -0.05) is 0 Å². The SMILES string of the molecule is CC(=O)N(CC(O)CN(Oc1c(I)c(C(=O)NC(C)(O)CO)c(I)c(C(=O)NC(C)(O)CO)c1I)C(C)=O)Oc1c(I)c(C(=O)NC(C)(O)CO)c(I)c(C(=O)NC(C)(O)CO)c1I. The fourth-order valence-electron chi connectivity index (χ4n) is 4.75. The summed E-state index contributed by atoms with van der Waals surface area (Å²) in [6.45, 7) is 1.29. The Labute approximate surface area is 446 Å². The number of carbonyl (C=O) groups excluding carboxylic acids is 6. The highest BCUT2D eigenvalue weighted by molar-refractivity contribution is 14.1. The molecule has 2 rings (SSSR count). The van der Waals surface area contributed by atoms with Crippen LogP contribution in [-0.2, 0) is 9.59 Å². The summed E-state index contributed by atoms with van der Waals surface area (Å²) in [5, 5.41) is 101. The molecule has 0 aromatic heterocycles. The lowest BCUT2D eigenvalue weighted by molar-refractivity contribution is -0.169. The quantitative estimate of drug-likeness (QED) is 0.0446. The molecular weight excluding hydrogens is 1540 g/mol. The third kappa shape index (κ3) is 15.4. The monoisotopic (exact) mass is 1580 g/mol. The Morgan fingerprint density at radius 1 is 0.484 bits per heavy atom. The molecule has 2 aromatic carbocycles. The van der Waals surface area contributed by atoms with Crippen LogP contribution >= 0.6 is 136 Å². The number of carbonyl (C=O) groups is 6. The van der Waals surface area contributed by atoms with Crippen molar-refractivity contribution in [2.24, 2.45) is 0 Å². The van der Waals surface area contributed by atoms with Crippen molar-refractivity contribution in [2.45, 2.75) is 70.5 Å². The molecule has 0 saturated carbocycles. The summed E-state index contributed by atoms with van der Waals surface area (Å²) < 4.78 is -0.249. The smallest absolute Gasteiger partial charge is 0.255 e. The van der Waals surface area contributed by atoms with Gasteiger partial charge in [-0.15, -0.1) is 0 Å². The lowest BCUT2D eigenvalue weighted by atomic mass is 10.1. The number of aliphatic hydroxyl groups is 9. The summed E-state index contributed by atoms with van der Waals surface area (Å²) >= 11 is 10.0. The molecule has 0 saturated heterocycles. The van der Waals surface area contributed by atoms with Crippen LogP contribution in [0.2, 0.25) is 0 Å². The highest BCUT2D eigenvalue weighted by atomic mass is 127. The van der Waals surface area contributed by atoms with E-state index in [1.807, 2.05) is 0 Å². The highest BCUT2D eigenvalue weighted by Crippen LogP contribution is 2.40. The Balaban J connectivity index is 2.73. The van der Waals surface area contributed by atoms with Gasteiger partial charge in [-0.05, 0) is 163 Å². The average Bonchev–Trinajstić information content (AvgIpc) is 3.16. The van der Waals surface area contributed by atoms with Gasteiger partial charge in [0.05, 0.1) is 82.2 Å². The van der Waals surface area contributed by atoms with Crippen molar-refractivity contribution in [3.63, 3.8) is 0 Å². The maximum Gasteiger partial charge on any atom is 0.255 e. The molecule has 64 heavy (non-hydrogen) atoms. The van der Waals surface area contributed by atoms with Crippen LogP contribution in [0.15, 0.2) is 0 Å². The minimum absolute atomic E-state index is 0.0407. The van der Waals surface area contributed by atoms with Gasteiger partial charge in [-0.3, -0.25) is 28.8 Å². The van der Waals surface area contributed by atoms with E-state index in [0.29, 0.717) is 10.1 Å². The first-order valence-corrected chi connectivity index (χ1v) is 24.3. The van der Waals surface area contributed by atoms with Gasteiger partial charge in [-0.25, -0.2) is 0 Å². The van der Waals surface area contributed by atoms with E-state index >= 15 is 0 Å². The Kier molecular flexibility index (Phi) is 22.1. The number of hydroxylamine groups is 4.